The number of aryl methyl sites for hydroxylation is 1. The third-order valence-electron chi connectivity index (χ3n) is 6.69. The number of likely N-dealkylation sites (tertiary alicyclic amines) is 1. The molecule has 2 aromatic carbocycles. The van der Waals surface area contributed by atoms with Gasteiger partial charge in [-0.05, 0) is 54.0 Å². The number of fused-ring (bicyclic) bond motifs is 4. The van der Waals surface area contributed by atoms with Gasteiger partial charge >= 0.3 is 0 Å². The molecule has 2 atom stereocenters. The van der Waals surface area contributed by atoms with Gasteiger partial charge in [0, 0.05) is 41.4 Å². The van der Waals surface area contributed by atoms with Gasteiger partial charge in [-0.25, -0.2) is 4.98 Å². The van der Waals surface area contributed by atoms with Crippen molar-refractivity contribution in [2.75, 3.05) is 7.05 Å². The second-order valence-electron chi connectivity index (χ2n) is 8.23. The quantitative estimate of drug-likeness (QED) is 0.604. The maximum atomic E-state index is 12.2. The number of nitrogens with zero attached hydrogens (tertiary/aromatic N) is 2. The lowest BCUT2D eigenvalue weighted by Crippen LogP contribution is -2.56. The normalized spacial score (nSPS) is 24.1. The standard InChI is InChI=1S/C24H24N2OS/c1-24-13-11-22(27)26(2)21(24)10-7-17-15-18(8-9-20(17)24)28-23-19-6-4-3-5-16(19)12-14-25-23/h3-6,8-9,12,14-15,21H,7,10-11,13H2,1-2H3/t21-,24-/m1/s1. The zero-order valence-corrected chi connectivity index (χ0v) is 17.1. The van der Waals surface area contributed by atoms with E-state index in [9.17, 15) is 4.79 Å². The van der Waals surface area contributed by atoms with Crippen LogP contribution in [-0.2, 0) is 16.6 Å². The maximum Gasteiger partial charge on any atom is 0.222 e. The largest absolute Gasteiger partial charge is 0.342 e. The Balaban J connectivity index is 1.50. The number of benzene rings is 2. The average Bonchev–Trinajstić information content (AvgIpc) is 2.71. The van der Waals surface area contributed by atoms with Crippen molar-refractivity contribution in [3.8, 4) is 0 Å². The van der Waals surface area contributed by atoms with Crippen LogP contribution >= 0.6 is 11.8 Å². The molecule has 1 aromatic heterocycles. The van der Waals surface area contributed by atoms with E-state index in [-0.39, 0.29) is 5.41 Å². The summed E-state index contributed by atoms with van der Waals surface area (Å²) in [5.41, 5.74) is 2.93. The van der Waals surface area contributed by atoms with Gasteiger partial charge in [-0.1, -0.05) is 49.0 Å². The lowest BCUT2D eigenvalue weighted by molar-refractivity contribution is -0.138. The summed E-state index contributed by atoms with van der Waals surface area (Å²) in [7, 11) is 1.98. The highest BCUT2D eigenvalue weighted by molar-refractivity contribution is 7.99. The molecule has 0 bridgehead atoms. The third kappa shape index (κ3) is 2.74. The summed E-state index contributed by atoms with van der Waals surface area (Å²) in [6.45, 7) is 2.34. The summed E-state index contributed by atoms with van der Waals surface area (Å²) < 4.78 is 0. The van der Waals surface area contributed by atoms with Crippen LogP contribution in [-0.4, -0.2) is 28.9 Å². The molecule has 0 N–H and O–H groups in total. The summed E-state index contributed by atoms with van der Waals surface area (Å²) in [6.07, 6.45) is 5.57. The Bertz CT molecular complexity index is 1070. The summed E-state index contributed by atoms with van der Waals surface area (Å²) >= 11 is 1.74. The minimum Gasteiger partial charge on any atom is -0.342 e. The Labute approximate surface area is 170 Å². The number of rotatable bonds is 2. The molecule has 0 unspecified atom stereocenters. The van der Waals surface area contributed by atoms with Crippen molar-refractivity contribution >= 4 is 28.4 Å². The van der Waals surface area contributed by atoms with Crippen molar-refractivity contribution in [1.29, 1.82) is 0 Å². The molecule has 0 saturated carbocycles. The maximum absolute atomic E-state index is 12.2. The molecule has 1 amide bonds. The van der Waals surface area contributed by atoms with Crippen LogP contribution in [0.1, 0.15) is 37.3 Å². The van der Waals surface area contributed by atoms with Gasteiger partial charge in [-0.3, -0.25) is 4.79 Å². The fourth-order valence-corrected chi connectivity index (χ4v) is 6.08. The number of likely N-dealkylation sites (N-methyl/N-ethyl adjacent to an activating group) is 1. The Hall–Kier alpha value is -2.33. The van der Waals surface area contributed by atoms with Gasteiger partial charge in [0.05, 0.1) is 0 Å². The first kappa shape index (κ1) is 17.7. The topological polar surface area (TPSA) is 33.2 Å². The first-order chi connectivity index (χ1) is 13.6. The van der Waals surface area contributed by atoms with E-state index < -0.39 is 0 Å². The second-order valence-corrected chi connectivity index (χ2v) is 9.30. The van der Waals surface area contributed by atoms with Gasteiger partial charge in [0.15, 0.2) is 0 Å². The molecule has 0 spiro atoms. The summed E-state index contributed by atoms with van der Waals surface area (Å²) in [6, 6.07) is 17.7. The molecule has 2 heterocycles. The third-order valence-corrected chi connectivity index (χ3v) is 7.69. The van der Waals surface area contributed by atoms with E-state index in [0.29, 0.717) is 18.4 Å². The Morgan fingerprint density at radius 2 is 2.00 bits per heavy atom. The fraction of sp³-hybridized carbons (Fsp3) is 0.333. The SMILES string of the molecule is CN1C(=O)CC[C@]2(C)c3ccc(Sc4nccc5ccccc45)cc3CC[C@@H]12. The highest BCUT2D eigenvalue weighted by Gasteiger charge is 2.46. The molecule has 142 valence electrons. The Morgan fingerprint density at radius 1 is 1.14 bits per heavy atom. The molecule has 1 aliphatic carbocycles. The number of amides is 1. The predicted molar refractivity (Wildman–Crippen MR) is 114 cm³/mol. The van der Waals surface area contributed by atoms with Crippen LogP contribution in [0.2, 0.25) is 0 Å². The molecule has 3 nitrogen and oxygen atoms in total. The zero-order valence-electron chi connectivity index (χ0n) is 16.3. The molecule has 2 aliphatic rings. The lowest BCUT2D eigenvalue weighted by atomic mass is 9.63. The number of carbonyl (C=O) groups is 1. The van der Waals surface area contributed by atoms with E-state index >= 15 is 0 Å². The lowest BCUT2D eigenvalue weighted by Gasteiger charge is -2.50. The zero-order chi connectivity index (χ0) is 19.3. The molecule has 1 aliphatic heterocycles. The van der Waals surface area contributed by atoms with Crippen LogP contribution in [0.3, 0.4) is 0 Å². The number of hydrogen-bond acceptors (Lipinski definition) is 3. The van der Waals surface area contributed by atoms with Gasteiger partial charge in [-0.2, -0.15) is 0 Å². The van der Waals surface area contributed by atoms with E-state index in [1.807, 2.05) is 18.1 Å². The van der Waals surface area contributed by atoms with E-state index in [0.717, 1.165) is 24.3 Å². The van der Waals surface area contributed by atoms with Crippen molar-refractivity contribution in [3.05, 3.63) is 65.9 Å². The molecule has 1 fully saturated rings. The monoisotopic (exact) mass is 388 g/mol. The Morgan fingerprint density at radius 3 is 2.89 bits per heavy atom. The fourth-order valence-electron chi connectivity index (χ4n) is 5.11. The van der Waals surface area contributed by atoms with Gasteiger partial charge in [0.1, 0.15) is 5.03 Å². The first-order valence-corrected chi connectivity index (χ1v) is 10.8. The van der Waals surface area contributed by atoms with Gasteiger partial charge in [0.25, 0.3) is 0 Å². The first-order valence-electron chi connectivity index (χ1n) is 9.97. The van der Waals surface area contributed by atoms with Crippen LogP contribution in [0.15, 0.2) is 64.6 Å². The molecular weight excluding hydrogens is 364 g/mol. The predicted octanol–water partition coefficient (Wildman–Crippen LogP) is 5.21. The van der Waals surface area contributed by atoms with Gasteiger partial charge in [0.2, 0.25) is 5.91 Å². The highest BCUT2D eigenvalue weighted by atomic mass is 32.2. The summed E-state index contributed by atoms with van der Waals surface area (Å²) in [4.78, 5) is 20.0. The highest BCUT2D eigenvalue weighted by Crippen LogP contribution is 2.46. The summed E-state index contributed by atoms with van der Waals surface area (Å²) in [5.74, 6) is 0.292. The average molecular weight is 389 g/mol. The smallest absolute Gasteiger partial charge is 0.222 e. The molecule has 1 saturated heterocycles. The van der Waals surface area contributed by atoms with Crippen molar-refractivity contribution < 1.29 is 4.79 Å². The number of hydrogen-bond donors (Lipinski definition) is 0. The van der Waals surface area contributed by atoms with Crippen LogP contribution in [0, 0.1) is 0 Å². The van der Waals surface area contributed by atoms with Crippen LogP contribution in [0.5, 0.6) is 0 Å². The Kier molecular flexibility index (Phi) is 4.20. The minimum atomic E-state index is 0.0666. The molecule has 4 heteroatoms. The van der Waals surface area contributed by atoms with Gasteiger partial charge < -0.3 is 4.90 Å². The molecule has 5 rings (SSSR count). The van der Waals surface area contributed by atoms with Crippen molar-refractivity contribution in [2.45, 2.75) is 54.0 Å². The molecule has 28 heavy (non-hydrogen) atoms. The van der Waals surface area contributed by atoms with Crippen LogP contribution in [0.25, 0.3) is 10.8 Å². The molecular formula is C24H24N2OS. The minimum absolute atomic E-state index is 0.0666. The van der Waals surface area contributed by atoms with E-state index in [2.05, 4.69) is 60.4 Å². The van der Waals surface area contributed by atoms with Crippen molar-refractivity contribution in [1.82, 2.24) is 9.88 Å². The van der Waals surface area contributed by atoms with Crippen molar-refractivity contribution in [3.63, 3.8) is 0 Å². The van der Waals surface area contributed by atoms with E-state index in [1.165, 1.54) is 26.8 Å². The van der Waals surface area contributed by atoms with E-state index in [1.54, 1.807) is 11.8 Å². The van der Waals surface area contributed by atoms with Crippen LogP contribution in [0.4, 0.5) is 0 Å². The number of piperidine rings is 1. The van der Waals surface area contributed by atoms with Crippen molar-refractivity contribution in [2.24, 2.45) is 0 Å². The number of aromatic nitrogens is 1. The van der Waals surface area contributed by atoms with Crippen LogP contribution < -0.4 is 0 Å². The number of carbonyl (C=O) groups excluding carboxylic acids is 1. The number of pyridine rings is 1. The van der Waals surface area contributed by atoms with E-state index in [4.69, 9.17) is 0 Å². The molecule has 0 radical (unpaired) electrons. The van der Waals surface area contributed by atoms with Gasteiger partial charge in [-0.15, -0.1) is 0 Å². The summed E-state index contributed by atoms with van der Waals surface area (Å²) in [5, 5.41) is 3.48. The second kappa shape index (κ2) is 6.63. The molecule has 3 aromatic rings.